The van der Waals surface area contributed by atoms with Crippen LogP contribution in [0.4, 0.5) is 25.8 Å². The van der Waals surface area contributed by atoms with Crippen LogP contribution < -0.4 is 10.6 Å². The summed E-state index contributed by atoms with van der Waals surface area (Å²) in [6.45, 7) is 0.684. The van der Waals surface area contributed by atoms with Gasteiger partial charge in [-0.05, 0) is 52.8 Å². The molecule has 2 aromatic rings. The van der Waals surface area contributed by atoms with Crippen molar-refractivity contribution in [2.75, 3.05) is 17.2 Å². The molecule has 1 aliphatic heterocycles. The van der Waals surface area contributed by atoms with Crippen molar-refractivity contribution in [3.63, 3.8) is 0 Å². The Labute approximate surface area is 123 Å². The predicted octanol–water partition coefficient (Wildman–Crippen LogP) is 3.85. The zero-order chi connectivity index (χ0) is 13.6. The monoisotopic (exact) mass is 372 g/mol. The molecule has 0 aromatic heterocycles. The quantitative estimate of drug-likeness (QED) is 0.609. The highest BCUT2D eigenvalue weighted by Gasteiger charge is 2.23. The normalized spacial score (nSPS) is 13.7. The van der Waals surface area contributed by atoms with E-state index in [2.05, 4.69) is 0 Å². The second-order valence-electron chi connectivity index (χ2n) is 4.50. The van der Waals surface area contributed by atoms with Crippen molar-refractivity contribution in [3.8, 4) is 0 Å². The minimum atomic E-state index is -0.311. The summed E-state index contributed by atoms with van der Waals surface area (Å²) in [6.07, 6.45) is 0.808. The number of nitrogens with two attached hydrogens (primary N) is 1. The van der Waals surface area contributed by atoms with Crippen molar-refractivity contribution >= 4 is 39.7 Å². The fraction of sp³-hybridized carbons (Fsp3) is 0.143. The molecule has 1 aliphatic rings. The van der Waals surface area contributed by atoms with Gasteiger partial charge < -0.3 is 10.6 Å². The lowest BCUT2D eigenvalue weighted by atomic mass is 10.1. The van der Waals surface area contributed by atoms with E-state index in [1.165, 1.54) is 18.2 Å². The van der Waals surface area contributed by atoms with E-state index in [0.717, 1.165) is 17.7 Å². The van der Waals surface area contributed by atoms with E-state index in [0.29, 0.717) is 21.5 Å². The van der Waals surface area contributed by atoms with Crippen LogP contribution in [0.3, 0.4) is 0 Å². The first-order valence-electron chi connectivity index (χ1n) is 5.87. The summed E-state index contributed by atoms with van der Waals surface area (Å²) in [5.74, 6) is -0.607. The minimum absolute atomic E-state index is 0.296. The van der Waals surface area contributed by atoms with E-state index in [4.69, 9.17) is 5.73 Å². The van der Waals surface area contributed by atoms with Crippen LogP contribution >= 0.6 is 22.6 Å². The Hall–Kier alpha value is -1.37. The second kappa shape index (κ2) is 4.63. The Morgan fingerprint density at radius 1 is 1.11 bits per heavy atom. The second-order valence-corrected chi connectivity index (χ2v) is 5.66. The van der Waals surface area contributed by atoms with Crippen LogP contribution in [0.15, 0.2) is 30.3 Å². The fourth-order valence-corrected chi connectivity index (χ4v) is 2.88. The zero-order valence-corrected chi connectivity index (χ0v) is 12.1. The third kappa shape index (κ3) is 2.16. The molecule has 0 atom stereocenters. The van der Waals surface area contributed by atoms with Crippen molar-refractivity contribution in [3.05, 3.63) is 51.1 Å². The first-order valence-corrected chi connectivity index (χ1v) is 6.94. The summed E-state index contributed by atoms with van der Waals surface area (Å²) < 4.78 is 27.5. The maximum absolute atomic E-state index is 13.7. The molecule has 0 spiro atoms. The van der Waals surface area contributed by atoms with Crippen molar-refractivity contribution in [1.29, 1.82) is 0 Å². The molecule has 3 rings (SSSR count). The third-order valence-electron chi connectivity index (χ3n) is 3.30. The van der Waals surface area contributed by atoms with Crippen LogP contribution in [0.5, 0.6) is 0 Å². The maximum Gasteiger partial charge on any atom is 0.138 e. The Kier molecular flexibility index (Phi) is 3.08. The van der Waals surface area contributed by atoms with Gasteiger partial charge in [0.1, 0.15) is 11.6 Å². The number of nitrogen functional groups attached to an aromatic ring is 1. The van der Waals surface area contributed by atoms with Crippen molar-refractivity contribution < 1.29 is 8.78 Å². The van der Waals surface area contributed by atoms with Crippen molar-refractivity contribution in [2.24, 2.45) is 0 Å². The summed E-state index contributed by atoms with van der Waals surface area (Å²) in [6, 6.07) is 7.70. The maximum atomic E-state index is 13.7. The third-order valence-corrected chi connectivity index (χ3v) is 4.13. The highest BCUT2D eigenvalue weighted by molar-refractivity contribution is 14.1. The van der Waals surface area contributed by atoms with Crippen LogP contribution in [-0.2, 0) is 6.42 Å². The molecular formula is C14H11F2IN2. The molecule has 0 saturated heterocycles. The Balaban J connectivity index is 2.11. The topological polar surface area (TPSA) is 29.3 Å². The van der Waals surface area contributed by atoms with E-state index >= 15 is 0 Å². The number of benzene rings is 2. The Bertz CT molecular complexity index is 658. The van der Waals surface area contributed by atoms with Gasteiger partial charge in [-0.3, -0.25) is 0 Å². The van der Waals surface area contributed by atoms with E-state index in [9.17, 15) is 8.78 Å². The average Bonchev–Trinajstić information content (AvgIpc) is 2.76. The molecule has 2 N–H and O–H groups in total. The van der Waals surface area contributed by atoms with Crippen LogP contribution in [0.25, 0.3) is 0 Å². The molecule has 2 aromatic carbocycles. The molecule has 0 amide bonds. The molecule has 1 heterocycles. The number of hydrogen-bond acceptors (Lipinski definition) is 2. The summed E-state index contributed by atoms with van der Waals surface area (Å²) in [5, 5.41) is 0. The molecule has 0 aliphatic carbocycles. The van der Waals surface area contributed by atoms with E-state index < -0.39 is 0 Å². The van der Waals surface area contributed by atoms with Crippen LogP contribution in [-0.4, -0.2) is 6.54 Å². The number of hydrogen-bond donors (Lipinski definition) is 1. The molecule has 0 saturated carbocycles. The number of fused-ring (bicyclic) bond motifs is 1. The van der Waals surface area contributed by atoms with Gasteiger partial charge in [0.05, 0.1) is 14.9 Å². The standard InChI is InChI=1S/C14H11F2IN2/c15-9-2-1-8-3-4-19(13(8)5-9)14-6-10(16)11(17)7-12(14)18/h1-2,5-7H,3-4,18H2. The van der Waals surface area contributed by atoms with E-state index in [-0.39, 0.29) is 11.6 Å². The van der Waals surface area contributed by atoms with Crippen LogP contribution in [0, 0.1) is 15.2 Å². The van der Waals surface area contributed by atoms with Gasteiger partial charge in [-0.1, -0.05) is 6.07 Å². The minimum Gasteiger partial charge on any atom is -0.397 e. The summed E-state index contributed by atoms with van der Waals surface area (Å²) in [7, 11) is 0. The smallest absolute Gasteiger partial charge is 0.138 e. The molecule has 19 heavy (non-hydrogen) atoms. The van der Waals surface area contributed by atoms with Gasteiger partial charge in [-0.2, -0.15) is 0 Å². The molecule has 0 bridgehead atoms. The van der Waals surface area contributed by atoms with E-state index in [1.54, 1.807) is 12.1 Å². The summed E-state index contributed by atoms with van der Waals surface area (Å²) in [4.78, 5) is 1.87. The highest BCUT2D eigenvalue weighted by Crippen LogP contribution is 2.38. The number of nitrogens with zero attached hydrogens (tertiary/aromatic N) is 1. The molecule has 2 nitrogen and oxygen atoms in total. The van der Waals surface area contributed by atoms with Gasteiger partial charge >= 0.3 is 0 Å². The highest BCUT2D eigenvalue weighted by atomic mass is 127. The number of halogens is 3. The first kappa shape index (κ1) is 12.7. The first-order chi connectivity index (χ1) is 9.06. The number of rotatable bonds is 1. The largest absolute Gasteiger partial charge is 0.397 e. The van der Waals surface area contributed by atoms with Crippen molar-refractivity contribution in [1.82, 2.24) is 0 Å². The van der Waals surface area contributed by atoms with Gasteiger partial charge in [0.25, 0.3) is 0 Å². The molecule has 0 unspecified atom stereocenters. The lowest BCUT2D eigenvalue weighted by Gasteiger charge is -2.21. The molecular weight excluding hydrogens is 361 g/mol. The van der Waals surface area contributed by atoms with Crippen molar-refractivity contribution in [2.45, 2.75) is 6.42 Å². The number of anilines is 3. The van der Waals surface area contributed by atoms with Crippen LogP contribution in [0.1, 0.15) is 5.56 Å². The van der Waals surface area contributed by atoms with Gasteiger partial charge in [-0.15, -0.1) is 0 Å². The molecule has 0 radical (unpaired) electrons. The average molecular weight is 372 g/mol. The molecule has 98 valence electrons. The zero-order valence-electron chi connectivity index (χ0n) is 9.96. The van der Waals surface area contributed by atoms with Gasteiger partial charge in [0.2, 0.25) is 0 Å². The molecule has 5 heteroatoms. The lowest BCUT2D eigenvalue weighted by Crippen LogP contribution is -2.15. The van der Waals surface area contributed by atoms with Gasteiger partial charge in [0.15, 0.2) is 0 Å². The Morgan fingerprint density at radius 2 is 1.89 bits per heavy atom. The summed E-state index contributed by atoms with van der Waals surface area (Å²) >= 11 is 1.90. The van der Waals surface area contributed by atoms with Gasteiger partial charge in [-0.25, -0.2) is 8.78 Å². The summed E-state index contributed by atoms with van der Waals surface area (Å²) in [5.41, 5.74) is 8.89. The Morgan fingerprint density at radius 3 is 2.68 bits per heavy atom. The SMILES string of the molecule is Nc1cc(I)c(F)cc1N1CCc2ccc(F)cc21. The lowest BCUT2D eigenvalue weighted by molar-refractivity contribution is 0.620. The van der Waals surface area contributed by atoms with Crippen LogP contribution in [0.2, 0.25) is 0 Å². The fourth-order valence-electron chi connectivity index (χ4n) is 2.39. The van der Waals surface area contributed by atoms with E-state index in [1.807, 2.05) is 27.5 Å². The van der Waals surface area contributed by atoms with Gasteiger partial charge in [0, 0.05) is 18.3 Å². The molecule has 0 fully saturated rings. The predicted molar refractivity (Wildman–Crippen MR) is 80.6 cm³/mol.